The molecule has 1 aliphatic rings. The molecule has 0 aliphatic carbocycles. The van der Waals surface area contributed by atoms with Gasteiger partial charge in [-0.2, -0.15) is 22.1 Å². The van der Waals surface area contributed by atoms with E-state index in [2.05, 4.69) is 21.2 Å². The molecule has 0 spiro atoms. The van der Waals surface area contributed by atoms with E-state index in [9.17, 15) is 8.42 Å². The minimum Gasteiger partial charge on any atom is -0.276 e. The van der Waals surface area contributed by atoms with Crippen molar-refractivity contribution in [3.8, 4) is 11.4 Å². The quantitative estimate of drug-likeness (QED) is 0.887. The Kier molecular flexibility index (Phi) is 4.98. The zero-order valence-electron chi connectivity index (χ0n) is 14.0. The number of nitrogens with zero attached hydrogens (tertiary/aromatic N) is 4. The van der Waals surface area contributed by atoms with Gasteiger partial charge in [-0.3, -0.25) is 10.1 Å². The summed E-state index contributed by atoms with van der Waals surface area (Å²) in [5.41, 5.74) is 3.02. The summed E-state index contributed by atoms with van der Waals surface area (Å²) in [5, 5.41) is 6.88. The van der Waals surface area contributed by atoms with Crippen LogP contribution in [0.4, 0.5) is 0 Å². The third kappa shape index (κ3) is 3.66. The van der Waals surface area contributed by atoms with E-state index in [-0.39, 0.29) is 0 Å². The third-order valence-corrected chi connectivity index (χ3v) is 6.43. The van der Waals surface area contributed by atoms with Gasteiger partial charge in [0.1, 0.15) is 0 Å². The van der Waals surface area contributed by atoms with Gasteiger partial charge in [0.15, 0.2) is 0 Å². The molecule has 1 aliphatic heterocycles. The van der Waals surface area contributed by atoms with Gasteiger partial charge in [0.25, 0.3) is 10.2 Å². The lowest BCUT2D eigenvalue weighted by Crippen LogP contribution is -2.44. The molecule has 0 saturated carbocycles. The minimum atomic E-state index is -3.29. The second-order valence-corrected chi connectivity index (χ2v) is 8.50. The summed E-state index contributed by atoms with van der Waals surface area (Å²) in [6, 6.07) is 6.01. The van der Waals surface area contributed by atoms with Crippen LogP contribution in [-0.2, 0) is 16.6 Å². The molecule has 3 heterocycles. The molecule has 24 heavy (non-hydrogen) atoms. The number of hydrogen-bond donors (Lipinski definition) is 1. The highest BCUT2D eigenvalue weighted by Crippen LogP contribution is 2.25. The van der Waals surface area contributed by atoms with Gasteiger partial charge in [0.05, 0.1) is 11.4 Å². The zero-order chi connectivity index (χ0) is 17.2. The molecule has 2 aromatic heterocycles. The predicted octanol–water partition coefficient (Wildman–Crippen LogP) is 1.53. The summed E-state index contributed by atoms with van der Waals surface area (Å²) >= 11 is 0. The second-order valence-electron chi connectivity index (χ2n) is 6.36. The van der Waals surface area contributed by atoms with E-state index in [0.29, 0.717) is 19.0 Å². The van der Waals surface area contributed by atoms with Gasteiger partial charge in [0.2, 0.25) is 0 Å². The maximum Gasteiger partial charge on any atom is 0.281 e. The number of hydrogen-bond acceptors (Lipinski definition) is 4. The molecule has 7 nitrogen and oxygen atoms in total. The van der Waals surface area contributed by atoms with Crippen LogP contribution < -0.4 is 0 Å². The van der Waals surface area contributed by atoms with Crippen molar-refractivity contribution in [3.63, 3.8) is 0 Å². The summed E-state index contributed by atoms with van der Waals surface area (Å²) in [6.07, 6.45) is 6.24. The first-order chi connectivity index (χ1) is 11.5. The highest BCUT2D eigenvalue weighted by molar-refractivity contribution is 7.86. The molecule has 0 atom stereocenters. The van der Waals surface area contributed by atoms with Crippen LogP contribution in [-0.4, -0.2) is 59.4 Å². The Bertz CT molecular complexity index is 766. The van der Waals surface area contributed by atoms with Gasteiger partial charge in [-0.15, -0.1) is 0 Å². The highest BCUT2D eigenvalue weighted by Gasteiger charge is 2.29. The van der Waals surface area contributed by atoms with E-state index in [4.69, 9.17) is 0 Å². The van der Waals surface area contributed by atoms with Crippen molar-refractivity contribution in [1.82, 2.24) is 23.8 Å². The van der Waals surface area contributed by atoms with Gasteiger partial charge < -0.3 is 0 Å². The monoisotopic (exact) mass is 349 g/mol. The van der Waals surface area contributed by atoms with E-state index >= 15 is 0 Å². The van der Waals surface area contributed by atoms with Crippen LogP contribution in [0, 0.1) is 5.92 Å². The summed E-state index contributed by atoms with van der Waals surface area (Å²) in [5.74, 6) is 0.496. The first kappa shape index (κ1) is 17.1. The Labute approximate surface area is 142 Å². The molecule has 3 rings (SSSR count). The van der Waals surface area contributed by atoms with Crippen LogP contribution in [0.1, 0.15) is 18.4 Å². The fourth-order valence-corrected chi connectivity index (χ4v) is 4.19. The molecular formula is C16H23N5O2S. The molecule has 130 valence electrons. The maximum absolute atomic E-state index is 12.2. The van der Waals surface area contributed by atoms with Crippen molar-refractivity contribution in [2.75, 3.05) is 27.2 Å². The van der Waals surface area contributed by atoms with Gasteiger partial charge in [-0.25, -0.2) is 0 Å². The average Bonchev–Trinajstić information content (AvgIpc) is 3.10. The first-order valence-corrected chi connectivity index (χ1v) is 9.49. The number of aromatic amines is 1. The Morgan fingerprint density at radius 1 is 1.25 bits per heavy atom. The lowest BCUT2D eigenvalue weighted by Gasteiger charge is -2.32. The van der Waals surface area contributed by atoms with Crippen molar-refractivity contribution in [3.05, 3.63) is 36.2 Å². The number of aromatic nitrogens is 3. The molecule has 0 aromatic carbocycles. The smallest absolute Gasteiger partial charge is 0.276 e. The Hall–Kier alpha value is -1.77. The fraction of sp³-hybridized carbons (Fsp3) is 0.500. The van der Waals surface area contributed by atoms with Crippen molar-refractivity contribution < 1.29 is 8.42 Å². The highest BCUT2D eigenvalue weighted by atomic mass is 32.2. The van der Waals surface area contributed by atoms with Crippen molar-refractivity contribution in [2.24, 2.45) is 5.92 Å². The molecular weight excluding hydrogens is 326 g/mol. The zero-order valence-corrected chi connectivity index (χ0v) is 14.8. The third-order valence-electron chi connectivity index (χ3n) is 4.49. The van der Waals surface area contributed by atoms with Crippen LogP contribution in [0.25, 0.3) is 11.4 Å². The molecule has 2 aromatic rings. The van der Waals surface area contributed by atoms with E-state index < -0.39 is 10.2 Å². The Balaban J connectivity index is 1.62. The molecule has 8 heteroatoms. The molecule has 0 unspecified atom stereocenters. The summed E-state index contributed by atoms with van der Waals surface area (Å²) in [7, 11) is -0.129. The van der Waals surface area contributed by atoms with Crippen LogP contribution in [0.5, 0.6) is 0 Å². The number of pyridine rings is 1. The molecule has 1 fully saturated rings. The van der Waals surface area contributed by atoms with E-state index in [1.165, 1.54) is 9.87 Å². The predicted molar refractivity (Wildman–Crippen MR) is 92.4 cm³/mol. The second kappa shape index (κ2) is 7.00. The normalized spacial score (nSPS) is 17.5. The summed E-state index contributed by atoms with van der Waals surface area (Å²) in [6.45, 7) is 1.17. The molecule has 0 radical (unpaired) electrons. The van der Waals surface area contributed by atoms with Crippen molar-refractivity contribution in [1.29, 1.82) is 0 Å². The summed E-state index contributed by atoms with van der Waals surface area (Å²) in [4.78, 5) is 4.37. The standard InChI is InChI=1S/C16H23N5O2S/c1-20(2)24(22,23)21-9-5-13(6-10-21)11-14-3-7-17-16(12-14)15-4-8-18-19-15/h3-4,7-8,12-13H,5-6,9-11H2,1-2H3,(H,18,19). The van der Waals surface area contributed by atoms with Crippen LogP contribution in [0.3, 0.4) is 0 Å². The number of piperidine rings is 1. The topological polar surface area (TPSA) is 82.2 Å². The van der Waals surface area contributed by atoms with Crippen molar-refractivity contribution >= 4 is 10.2 Å². The number of rotatable bonds is 5. The largest absolute Gasteiger partial charge is 0.281 e. The molecule has 0 amide bonds. The van der Waals surface area contributed by atoms with E-state index in [1.807, 2.05) is 18.3 Å². The summed E-state index contributed by atoms with van der Waals surface area (Å²) < 4.78 is 27.2. The Morgan fingerprint density at radius 3 is 2.62 bits per heavy atom. The van der Waals surface area contributed by atoms with Crippen molar-refractivity contribution in [2.45, 2.75) is 19.3 Å². The lowest BCUT2D eigenvalue weighted by molar-refractivity contribution is 0.262. The molecule has 1 saturated heterocycles. The van der Waals surface area contributed by atoms with Gasteiger partial charge in [-0.05, 0) is 48.9 Å². The lowest BCUT2D eigenvalue weighted by atomic mass is 9.91. The van der Waals surface area contributed by atoms with Gasteiger partial charge in [0, 0.05) is 39.6 Å². The fourth-order valence-electron chi connectivity index (χ4n) is 3.06. The number of nitrogens with one attached hydrogen (secondary N) is 1. The van der Waals surface area contributed by atoms with Crippen LogP contribution in [0.15, 0.2) is 30.6 Å². The van der Waals surface area contributed by atoms with Crippen LogP contribution in [0.2, 0.25) is 0 Å². The maximum atomic E-state index is 12.2. The SMILES string of the molecule is CN(C)S(=O)(=O)N1CCC(Cc2ccnc(-c3ccn[nH]3)c2)CC1. The van der Waals surface area contributed by atoms with Gasteiger partial charge >= 0.3 is 0 Å². The minimum absolute atomic E-state index is 0.496. The number of H-pyrrole nitrogens is 1. The van der Waals surface area contributed by atoms with Crippen LogP contribution >= 0.6 is 0 Å². The van der Waals surface area contributed by atoms with E-state index in [0.717, 1.165) is 30.7 Å². The Morgan fingerprint density at radius 2 is 2.00 bits per heavy atom. The van der Waals surface area contributed by atoms with Gasteiger partial charge in [-0.1, -0.05) is 0 Å². The average molecular weight is 349 g/mol. The molecule has 1 N–H and O–H groups in total. The molecule has 0 bridgehead atoms. The van der Waals surface area contributed by atoms with E-state index in [1.54, 1.807) is 24.6 Å². The first-order valence-electron chi connectivity index (χ1n) is 8.09.